The number of H-pyrrole nitrogens is 1. The first-order valence-corrected chi connectivity index (χ1v) is 14.7. The quantitative estimate of drug-likeness (QED) is 0.106. The number of rotatable bonds is 21. The number of imidazole rings is 1. The van der Waals surface area contributed by atoms with Crippen molar-refractivity contribution in [3.63, 3.8) is 0 Å². The van der Waals surface area contributed by atoms with Crippen molar-refractivity contribution >= 4 is 28.9 Å². The molecule has 0 bridgehead atoms. The average molecular weight is 586 g/mol. The monoisotopic (exact) mass is 585 g/mol. The summed E-state index contributed by atoms with van der Waals surface area (Å²) in [6, 6.07) is 0.147. The summed E-state index contributed by atoms with van der Waals surface area (Å²) in [5.41, 5.74) is 6.98. The molecule has 3 heterocycles. The number of nitrogens with zero attached hydrogens (tertiary/aromatic N) is 6. The van der Waals surface area contributed by atoms with Crippen LogP contribution in [0.2, 0.25) is 0 Å². The molecule has 0 aliphatic heterocycles. The Morgan fingerprint density at radius 1 is 1.07 bits per heavy atom. The predicted octanol–water partition coefficient (Wildman–Crippen LogP) is 3.18. The molecule has 0 saturated carbocycles. The Kier molecular flexibility index (Phi) is 13.0. The van der Waals surface area contributed by atoms with Crippen LogP contribution in [0.1, 0.15) is 89.7 Å². The van der Waals surface area contributed by atoms with Crippen LogP contribution in [0, 0.1) is 0 Å². The summed E-state index contributed by atoms with van der Waals surface area (Å²) >= 11 is 0. The van der Waals surface area contributed by atoms with E-state index in [0.717, 1.165) is 64.3 Å². The molecule has 230 valence electrons. The van der Waals surface area contributed by atoms with Gasteiger partial charge in [-0.05, 0) is 19.3 Å². The van der Waals surface area contributed by atoms with E-state index >= 15 is 0 Å². The maximum Gasteiger partial charge on any atom is 0.331 e. The van der Waals surface area contributed by atoms with Gasteiger partial charge in [-0.25, -0.2) is 9.59 Å². The van der Waals surface area contributed by atoms with Crippen LogP contribution < -0.4 is 21.5 Å². The molecular formula is C28H43N9O5. The average Bonchev–Trinajstić information content (AvgIpc) is 3.53. The number of nitrogens with two attached hydrogens (primary N) is 1. The van der Waals surface area contributed by atoms with Crippen LogP contribution >= 0.6 is 0 Å². The fourth-order valence-corrected chi connectivity index (χ4v) is 4.43. The number of carboxylic acid groups (broad SMARTS) is 1. The van der Waals surface area contributed by atoms with Gasteiger partial charge in [-0.3, -0.25) is 14.0 Å². The van der Waals surface area contributed by atoms with Crippen LogP contribution in [0.5, 0.6) is 6.01 Å². The van der Waals surface area contributed by atoms with Gasteiger partial charge in [0, 0.05) is 18.7 Å². The Hall–Kier alpha value is -4.23. The van der Waals surface area contributed by atoms with Crippen LogP contribution in [0.15, 0.2) is 23.1 Å². The maximum absolute atomic E-state index is 12.6. The van der Waals surface area contributed by atoms with E-state index < -0.39 is 5.97 Å². The number of carboxylic acids is 1. The number of nitrogen functional groups attached to an aromatic ring is 1. The summed E-state index contributed by atoms with van der Waals surface area (Å²) in [5.74, 6) is -1.27. The second-order valence-electron chi connectivity index (χ2n) is 10.4. The molecule has 3 rings (SSSR count). The number of unbranched alkanes of at least 4 members (excludes halogenated alkanes) is 9. The van der Waals surface area contributed by atoms with Crippen molar-refractivity contribution in [2.24, 2.45) is 0 Å². The van der Waals surface area contributed by atoms with Gasteiger partial charge in [0.2, 0.25) is 5.91 Å². The SMILES string of the molecule is C=C(CC(=O)NCCCCCCCCCCCn1cc(Cn2c(=O)[nH]c3c(N)nc(OCCCC)nc32)nn1)C(=O)O. The van der Waals surface area contributed by atoms with Gasteiger partial charge in [0.15, 0.2) is 11.5 Å². The van der Waals surface area contributed by atoms with Gasteiger partial charge < -0.3 is 25.9 Å². The lowest BCUT2D eigenvalue weighted by Crippen LogP contribution is -2.25. The number of carbonyl (C=O) groups excluding carboxylic acids is 1. The Bertz CT molecular complexity index is 1380. The van der Waals surface area contributed by atoms with E-state index in [1.807, 2.05) is 6.20 Å². The zero-order valence-electron chi connectivity index (χ0n) is 24.4. The molecule has 14 nitrogen and oxygen atoms in total. The Labute approximate surface area is 244 Å². The molecule has 0 radical (unpaired) electrons. The fourth-order valence-electron chi connectivity index (χ4n) is 4.43. The third kappa shape index (κ3) is 10.3. The number of nitrogens with one attached hydrogen (secondary N) is 2. The zero-order chi connectivity index (χ0) is 30.3. The van der Waals surface area contributed by atoms with Crippen molar-refractivity contribution in [3.05, 3.63) is 34.5 Å². The summed E-state index contributed by atoms with van der Waals surface area (Å²) in [7, 11) is 0. The number of hydrogen-bond acceptors (Lipinski definition) is 9. The van der Waals surface area contributed by atoms with Crippen molar-refractivity contribution in [1.29, 1.82) is 0 Å². The van der Waals surface area contributed by atoms with Crippen molar-refractivity contribution < 1.29 is 19.4 Å². The van der Waals surface area contributed by atoms with E-state index in [2.05, 4.69) is 44.1 Å². The normalized spacial score (nSPS) is 11.2. The van der Waals surface area contributed by atoms with Gasteiger partial charge in [0.1, 0.15) is 11.2 Å². The maximum atomic E-state index is 12.6. The first kappa shape index (κ1) is 32.3. The highest BCUT2D eigenvalue weighted by molar-refractivity contribution is 5.93. The smallest absolute Gasteiger partial charge is 0.331 e. The van der Waals surface area contributed by atoms with E-state index in [-0.39, 0.29) is 42.0 Å². The van der Waals surface area contributed by atoms with E-state index in [9.17, 15) is 14.4 Å². The van der Waals surface area contributed by atoms with Crippen LogP contribution in [0.25, 0.3) is 11.2 Å². The van der Waals surface area contributed by atoms with Crippen LogP contribution in [0.4, 0.5) is 5.82 Å². The van der Waals surface area contributed by atoms with Gasteiger partial charge in [-0.1, -0.05) is 70.1 Å². The van der Waals surface area contributed by atoms with Crippen LogP contribution in [-0.2, 0) is 22.7 Å². The van der Waals surface area contributed by atoms with Gasteiger partial charge in [-0.2, -0.15) is 9.97 Å². The molecule has 14 heteroatoms. The Morgan fingerprint density at radius 2 is 1.76 bits per heavy atom. The molecule has 0 aliphatic carbocycles. The highest BCUT2D eigenvalue weighted by atomic mass is 16.5. The molecule has 3 aromatic rings. The first-order chi connectivity index (χ1) is 20.3. The van der Waals surface area contributed by atoms with E-state index in [1.165, 1.54) is 17.4 Å². The van der Waals surface area contributed by atoms with Gasteiger partial charge >= 0.3 is 17.7 Å². The number of ether oxygens (including phenoxy) is 1. The molecule has 0 aromatic carbocycles. The standard InChI is InChI=1S/C28H43N9O5/c1-3-4-16-42-27-32-24(29)23-25(33-27)37(28(41)31-23)19-21-18-36(35-34-21)15-13-11-9-7-5-6-8-10-12-14-30-22(38)17-20(2)26(39)40/h18H,2-17,19H2,1H3,(H,30,38)(H,31,41)(H,39,40)(H2,29,32,33). The minimum atomic E-state index is -1.14. The molecule has 0 atom stereocenters. The lowest BCUT2D eigenvalue weighted by atomic mass is 10.1. The number of aromatic amines is 1. The lowest BCUT2D eigenvalue weighted by molar-refractivity contribution is -0.134. The molecule has 3 aromatic heterocycles. The number of hydrogen-bond donors (Lipinski definition) is 4. The van der Waals surface area contributed by atoms with Gasteiger partial charge in [0.25, 0.3) is 0 Å². The summed E-state index contributed by atoms with van der Waals surface area (Å²) in [4.78, 5) is 46.1. The second kappa shape index (κ2) is 16.9. The summed E-state index contributed by atoms with van der Waals surface area (Å²) in [6.45, 7) is 7.42. The minimum absolute atomic E-state index is 0.0946. The van der Waals surface area contributed by atoms with Gasteiger partial charge in [0.05, 0.1) is 25.8 Å². The minimum Gasteiger partial charge on any atom is -0.478 e. The van der Waals surface area contributed by atoms with Crippen LogP contribution in [-0.4, -0.2) is 64.6 Å². The number of aliphatic carboxylic acids is 1. The topological polar surface area (TPSA) is 196 Å². The van der Waals surface area contributed by atoms with Gasteiger partial charge in [-0.15, -0.1) is 5.10 Å². The lowest BCUT2D eigenvalue weighted by Gasteiger charge is -2.06. The molecule has 0 unspecified atom stereocenters. The number of anilines is 1. The van der Waals surface area contributed by atoms with E-state index in [4.69, 9.17) is 15.6 Å². The number of amides is 1. The van der Waals surface area contributed by atoms with Crippen molar-refractivity contribution in [2.75, 3.05) is 18.9 Å². The highest BCUT2D eigenvalue weighted by Gasteiger charge is 2.16. The molecule has 0 saturated heterocycles. The fraction of sp³-hybridized carbons (Fsp3) is 0.607. The largest absolute Gasteiger partial charge is 0.478 e. The van der Waals surface area contributed by atoms with Crippen molar-refractivity contribution in [2.45, 2.75) is 97.1 Å². The number of fused-ring (bicyclic) bond motifs is 1. The van der Waals surface area contributed by atoms with Crippen molar-refractivity contribution in [3.8, 4) is 6.01 Å². The molecule has 5 N–H and O–H groups in total. The predicted molar refractivity (Wildman–Crippen MR) is 158 cm³/mol. The Balaban J connectivity index is 1.29. The van der Waals surface area contributed by atoms with E-state index in [1.54, 1.807) is 4.68 Å². The Morgan fingerprint density at radius 3 is 2.45 bits per heavy atom. The van der Waals surface area contributed by atoms with Crippen LogP contribution in [0.3, 0.4) is 0 Å². The molecule has 0 fully saturated rings. The summed E-state index contributed by atoms with van der Waals surface area (Å²) < 4.78 is 8.85. The van der Waals surface area contributed by atoms with E-state index in [0.29, 0.717) is 30.0 Å². The molecule has 1 amide bonds. The molecule has 0 aliphatic rings. The number of aryl methyl sites for hydroxylation is 1. The molecule has 0 spiro atoms. The summed E-state index contributed by atoms with van der Waals surface area (Å²) in [6.07, 6.45) is 13.3. The second-order valence-corrected chi connectivity index (χ2v) is 10.4. The van der Waals surface area contributed by atoms with Crippen molar-refractivity contribution in [1.82, 2.24) is 39.8 Å². The zero-order valence-corrected chi connectivity index (χ0v) is 24.4. The molecule has 42 heavy (non-hydrogen) atoms. The third-order valence-electron chi connectivity index (χ3n) is 6.83. The third-order valence-corrected chi connectivity index (χ3v) is 6.83. The highest BCUT2D eigenvalue weighted by Crippen LogP contribution is 2.18. The summed E-state index contributed by atoms with van der Waals surface area (Å²) in [5, 5.41) is 19.9. The first-order valence-electron chi connectivity index (χ1n) is 14.7. The number of aromatic nitrogens is 7. The molecular weight excluding hydrogens is 542 g/mol. The number of carbonyl (C=O) groups is 2.